The van der Waals surface area contributed by atoms with Crippen LogP contribution in [0.25, 0.3) is 0 Å². The average molecular weight is 367 g/mol. The highest BCUT2D eigenvalue weighted by atomic mass is 16.5. The molecular formula is C20H38N4O2. The summed E-state index contributed by atoms with van der Waals surface area (Å²) in [4.78, 5) is 18.7. The molecule has 0 bridgehead atoms. The lowest BCUT2D eigenvalue weighted by Gasteiger charge is -2.39. The van der Waals surface area contributed by atoms with Gasteiger partial charge in [-0.1, -0.05) is 27.7 Å². The van der Waals surface area contributed by atoms with Crippen molar-refractivity contribution in [3.8, 4) is 0 Å². The number of hydrogen-bond donors (Lipinski definition) is 2. The molecule has 26 heavy (non-hydrogen) atoms. The number of hydrogen-bond acceptors (Lipinski definition) is 3. The van der Waals surface area contributed by atoms with Crippen molar-refractivity contribution < 1.29 is 9.53 Å². The molecule has 1 amide bonds. The number of nitrogens with one attached hydrogen (secondary N) is 2. The minimum atomic E-state index is 0.138. The van der Waals surface area contributed by atoms with E-state index in [2.05, 4.69) is 38.3 Å². The Morgan fingerprint density at radius 2 is 2.04 bits per heavy atom. The molecule has 0 aromatic carbocycles. The number of carbonyl (C=O) groups excluding carboxylic acids is 1. The smallest absolute Gasteiger partial charge is 0.222 e. The van der Waals surface area contributed by atoms with E-state index in [-0.39, 0.29) is 23.5 Å². The fraction of sp³-hybridized carbons (Fsp3) is 0.900. The van der Waals surface area contributed by atoms with E-state index >= 15 is 0 Å². The third-order valence-corrected chi connectivity index (χ3v) is 5.31. The van der Waals surface area contributed by atoms with E-state index in [1.54, 1.807) is 0 Å². The Balaban J connectivity index is 1.94. The van der Waals surface area contributed by atoms with Crippen LogP contribution in [0.5, 0.6) is 0 Å². The summed E-state index contributed by atoms with van der Waals surface area (Å²) in [5.41, 5.74) is 0.138. The topological polar surface area (TPSA) is 66.0 Å². The summed E-state index contributed by atoms with van der Waals surface area (Å²) < 4.78 is 6.08. The molecule has 2 aliphatic rings. The third kappa shape index (κ3) is 5.86. The summed E-state index contributed by atoms with van der Waals surface area (Å²) in [5.74, 6) is 1.56. The summed E-state index contributed by atoms with van der Waals surface area (Å²) in [6, 6.07) is 0.282. The van der Waals surface area contributed by atoms with Crippen LogP contribution in [0.4, 0.5) is 0 Å². The van der Waals surface area contributed by atoms with Gasteiger partial charge in [0.2, 0.25) is 5.91 Å². The maximum absolute atomic E-state index is 11.9. The second-order valence-electron chi connectivity index (χ2n) is 8.60. The molecule has 2 aliphatic heterocycles. The molecule has 0 radical (unpaired) electrons. The van der Waals surface area contributed by atoms with E-state index < -0.39 is 0 Å². The van der Waals surface area contributed by atoms with Crippen LogP contribution in [0.2, 0.25) is 0 Å². The highest BCUT2D eigenvalue weighted by Crippen LogP contribution is 2.34. The van der Waals surface area contributed by atoms with Crippen molar-refractivity contribution in [2.24, 2.45) is 16.3 Å². The molecule has 2 rings (SSSR count). The lowest BCUT2D eigenvalue weighted by atomic mass is 9.78. The average Bonchev–Trinajstić information content (AvgIpc) is 3.07. The number of aliphatic imine (C=N–C) groups is 1. The molecule has 2 heterocycles. The van der Waals surface area contributed by atoms with Crippen molar-refractivity contribution in [1.82, 2.24) is 15.5 Å². The van der Waals surface area contributed by atoms with E-state index in [1.165, 1.54) is 6.42 Å². The van der Waals surface area contributed by atoms with Gasteiger partial charge in [-0.25, -0.2) is 0 Å². The summed E-state index contributed by atoms with van der Waals surface area (Å²) >= 11 is 0. The molecule has 0 aliphatic carbocycles. The molecule has 0 aromatic heterocycles. The standard InChI is InChI=1S/C20H38N4O2/c1-6-17(25)24-11-10-16(14-24)23-19(21-7-2)22-13-15-9-8-12-26-18(15)20(3,4)5/h15-16,18H,6-14H2,1-5H3,(H2,21,22,23). The van der Waals surface area contributed by atoms with Crippen molar-refractivity contribution in [3.63, 3.8) is 0 Å². The van der Waals surface area contributed by atoms with Gasteiger partial charge in [-0.2, -0.15) is 0 Å². The van der Waals surface area contributed by atoms with Crippen LogP contribution in [0, 0.1) is 11.3 Å². The van der Waals surface area contributed by atoms with Gasteiger partial charge in [-0.15, -0.1) is 0 Å². The molecule has 3 atom stereocenters. The number of guanidine groups is 1. The first-order valence-corrected chi connectivity index (χ1v) is 10.3. The predicted octanol–water partition coefficient (Wildman–Crippen LogP) is 2.39. The number of likely N-dealkylation sites (tertiary alicyclic amines) is 1. The summed E-state index contributed by atoms with van der Waals surface area (Å²) in [6.07, 6.45) is 4.11. The Kier molecular flexibility index (Phi) is 7.74. The Morgan fingerprint density at radius 1 is 1.27 bits per heavy atom. The van der Waals surface area contributed by atoms with Gasteiger partial charge in [0.25, 0.3) is 0 Å². The van der Waals surface area contributed by atoms with Crippen LogP contribution in [0.1, 0.15) is 60.3 Å². The fourth-order valence-corrected chi connectivity index (χ4v) is 4.04. The second kappa shape index (κ2) is 9.58. The van der Waals surface area contributed by atoms with E-state index in [1.807, 2.05) is 11.8 Å². The van der Waals surface area contributed by atoms with Crippen LogP contribution in [-0.2, 0) is 9.53 Å². The maximum atomic E-state index is 11.9. The fourth-order valence-electron chi connectivity index (χ4n) is 4.04. The van der Waals surface area contributed by atoms with Crippen LogP contribution in [0.15, 0.2) is 4.99 Å². The number of ether oxygens (including phenoxy) is 1. The Hall–Kier alpha value is -1.30. The van der Waals surface area contributed by atoms with Gasteiger partial charge >= 0.3 is 0 Å². The van der Waals surface area contributed by atoms with Crippen LogP contribution < -0.4 is 10.6 Å². The number of rotatable bonds is 5. The van der Waals surface area contributed by atoms with Crippen molar-refractivity contribution in [2.45, 2.75) is 72.4 Å². The van der Waals surface area contributed by atoms with E-state index in [0.29, 0.717) is 12.3 Å². The Morgan fingerprint density at radius 3 is 2.69 bits per heavy atom. The van der Waals surface area contributed by atoms with Crippen molar-refractivity contribution in [1.29, 1.82) is 0 Å². The lowest BCUT2D eigenvalue weighted by Crippen LogP contribution is -2.46. The summed E-state index contributed by atoms with van der Waals surface area (Å²) in [5, 5.41) is 6.88. The molecule has 6 nitrogen and oxygen atoms in total. The first-order chi connectivity index (χ1) is 12.3. The summed E-state index contributed by atoms with van der Waals surface area (Å²) in [6.45, 7) is 14.8. The number of carbonyl (C=O) groups is 1. The minimum absolute atomic E-state index is 0.138. The molecule has 6 heteroatoms. The van der Waals surface area contributed by atoms with Gasteiger partial charge in [0.1, 0.15) is 0 Å². The normalized spacial score (nSPS) is 27.5. The van der Waals surface area contributed by atoms with Gasteiger partial charge in [0.05, 0.1) is 6.10 Å². The first kappa shape index (κ1) is 21.0. The molecule has 2 N–H and O–H groups in total. The molecule has 2 fully saturated rings. The van der Waals surface area contributed by atoms with Crippen molar-refractivity contribution in [2.75, 3.05) is 32.8 Å². The molecule has 3 unspecified atom stereocenters. The largest absolute Gasteiger partial charge is 0.377 e. The van der Waals surface area contributed by atoms with Gasteiger partial charge in [0, 0.05) is 51.2 Å². The highest BCUT2D eigenvalue weighted by molar-refractivity contribution is 5.80. The maximum Gasteiger partial charge on any atom is 0.222 e. The molecule has 150 valence electrons. The van der Waals surface area contributed by atoms with E-state index in [0.717, 1.165) is 51.6 Å². The minimum Gasteiger partial charge on any atom is -0.377 e. The third-order valence-electron chi connectivity index (χ3n) is 5.31. The van der Waals surface area contributed by atoms with E-state index in [9.17, 15) is 4.79 Å². The molecule has 2 saturated heterocycles. The van der Waals surface area contributed by atoms with Gasteiger partial charge in [0.15, 0.2) is 5.96 Å². The van der Waals surface area contributed by atoms with Crippen LogP contribution in [-0.4, -0.2) is 61.7 Å². The quantitative estimate of drug-likeness (QED) is 0.579. The molecular weight excluding hydrogens is 328 g/mol. The first-order valence-electron chi connectivity index (χ1n) is 10.3. The summed E-state index contributed by atoms with van der Waals surface area (Å²) in [7, 11) is 0. The van der Waals surface area contributed by atoms with Gasteiger partial charge < -0.3 is 20.3 Å². The van der Waals surface area contributed by atoms with Crippen LogP contribution >= 0.6 is 0 Å². The highest BCUT2D eigenvalue weighted by Gasteiger charge is 2.35. The SMILES string of the molecule is CCNC(=NCC1CCCOC1C(C)(C)C)NC1CCN(C(=O)CC)C1. The molecule has 0 saturated carbocycles. The number of nitrogens with zero attached hydrogens (tertiary/aromatic N) is 2. The van der Waals surface area contributed by atoms with Gasteiger partial charge in [-0.05, 0) is 31.6 Å². The van der Waals surface area contributed by atoms with Crippen LogP contribution in [0.3, 0.4) is 0 Å². The lowest BCUT2D eigenvalue weighted by molar-refractivity contribution is -0.129. The second-order valence-corrected chi connectivity index (χ2v) is 8.60. The Labute approximate surface area is 159 Å². The molecule has 0 aromatic rings. The zero-order chi connectivity index (χ0) is 19.2. The van der Waals surface area contributed by atoms with Crippen molar-refractivity contribution in [3.05, 3.63) is 0 Å². The zero-order valence-corrected chi connectivity index (χ0v) is 17.3. The molecule has 0 spiro atoms. The Bertz CT molecular complexity index is 487. The monoisotopic (exact) mass is 366 g/mol. The van der Waals surface area contributed by atoms with Crippen molar-refractivity contribution >= 4 is 11.9 Å². The van der Waals surface area contributed by atoms with Gasteiger partial charge in [-0.3, -0.25) is 9.79 Å². The van der Waals surface area contributed by atoms with E-state index in [4.69, 9.17) is 9.73 Å². The number of amides is 1. The zero-order valence-electron chi connectivity index (χ0n) is 17.3. The predicted molar refractivity (Wildman–Crippen MR) is 106 cm³/mol.